The van der Waals surface area contributed by atoms with E-state index in [1.807, 2.05) is 0 Å². The van der Waals surface area contributed by atoms with Gasteiger partial charge in [0.25, 0.3) is 0 Å². The van der Waals surface area contributed by atoms with E-state index in [0.717, 1.165) is 17.8 Å². The van der Waals surface area contributed by atoms with Crippen LogP contribution in [0.5, 0.6) is 0 Å². The molecule has 2 fully saturated rings. The highest BCUT2D eigenvalue weighted by Gasteiger charge is 2.29. The van der Waals surface area contributed by atoms with Gasteiger partial charge in [-0.2, -0.15) is 0 Å². The first-order valence-corrected chi connectivity index (χ1v) is 8.61. The maximum absolute atomic E-state index is 12.2. The van der Waals surface area contributed by atoms with Crippen LogP contribution >= 0.6 is 11.3 Å². The molecule has 0 spiro atoms. The van der Waals surface area contributed by atoms with Crippen molar-refractivity contribution in [3.63, 3.8) is 0 Å². The highest BCUT2D eigenvalue weighted by Crippen LogP contribution is 2.35. The Labute approximate surface area is 128 Å². The molecule has 2 amide bonds. The van der Waals surface area contributed by atoms with E-state index >= 15 is 0 Å². The van der Waals surface area contributed by atoms with Gasteiger partial charge in [0, 0.05) is 12.5 Å². The molecule has 1 saturated carbocycles. The number of aliphatic hydroxyl groups excluding tert-OH is 1. The molecule has 21 heavy (non-hydrogen) atoms. The van der Waals surface area contributed by atoms with E-state index in [1.54, 1.807) is 4.90 Å². The van der Waals surface area contributed by atoms with Gasteiger partial charge in [-0.15, -0.1) is 10.2 Å². The molecule has 7 heteroatoms. The lowest BCUT2D eigenvalue weighted by Crippen LogP contribution is -2.40. The molecule has 116 valence electrons. The van der Waals surface area contributed by atoms with Gasteiger partial charge in [0.1, 0.15) is 5.01 Å². The summed E-state index contributed by atoms with van der Waals surface area (Å²) >= 11 is 1.49. The number of carbonyl (C=O) groups excluding carboxylic acids is 1. The number of rotatable bonds is 3. The zero-order valence-electron chi connectivity index (χ0n) is 12.1. The predicted octanol–water partition coefficient (Wildman–Crippen LogP) is 2.57. The van der Waals surface area contributed by atoms with E-state index in [9.17, 15) is 9.90 Å². The topological polar surface area (TPSA) is 78.4 Å². The maximum atomic E-state index is 12.2. The summed E-state index contributed by atoms with van der Waals surface area (Å²) in [5.41, 5.74) is 0. The van der Waals surface area contributed by atoms with Crippen molar-refractivity contribution in [2.24, 2.45) is 0 Å². The van der Waals surface area contributed by atoms with Gasteiger partial charge in [-0.05, 0) is 25.7 Å². The molecule has 0 radical (unpaired) electrons. The van der Waals surface area contributed by atoms with E-state index in [4.69, 9.17) is 0 Å². The number of hydrogen-bond acceptors (Lipinski definition) is 5. The Morgan fingerprint density at radius 1 is 1.24 bits per heavy atom. The minimum atomic E-state index is -0.169. The van der Waals surface area contributed by atoms with Crippen LogP contribution in [0.15, 0.2) is 0 Å². The number of hydrogen-bond donors (Lipinski definition) is 2. The zero-order chi connectivity index (χ0) is 14.7. The smallest absolute Gasteiger partial charge is 0.324 e. The minimum absolute atomic E-state index is 0.0247. The van der Waals surface area contributed by atoms with Crippen LogP contribution in [0.3, 0.4) is 0 Å². The van der Waals surface area contributed by atoms with Crippen molar-refractivity contribution in [1.29, 1.82) is 0 Å². The highest BCUT2D eigenvalue weighted by atomic mass is 32.1. The molecule has 6 nitrogen and oxygen atoms in total. The standard InChI is InChI=1S/C14H22N4O2S/c19-9-11-7-4-8-18(11)14(20)15-13-17-16-12(21-13)10-5-2-1-3-6-10/h10-11,19H,1-9H2,(H,15,17,20). The number of nitrogens with one attached hydrogen (secondary N) is 1. The van der Waals surface area contributed by atoms with Gasteiger partial charge in [0.15, 0.2) is 0 Å². The normalized spacial score (nSPS) is 23.5. The Balaban J connectivity index is 1.60. The van der Waals surface area contributed by atoms with Crippen LogP contribution in [-0.4, -0.2) is 45.4 Å². The number of urea groups is 1. The summed E-state index contributed by atoms with van der Waals surface area (Å²) in [6, 6.07) is -0.228. The lowest BCUT2D eigenvalue weighted by molar-refractivity contribution is 0.166. The molecule has 1 aliphatic heterocycles. The summed E-state index contributed by atoms with van der Waals surface area (Å²) in [6.07, 6.45) is 8.02. The fourth-order valence-electron chi connectivity index (χ4n) is 3.26. The van der Waals surface area contributed by atoms with Crippen LogP contribution in [0.2, 0.25) is 0 Å². The van der Waals surface area contributed by atoms with Crippen LogP contribution in [0.1, 0.15) is 55.9 Å². The summed E-state index contributed by atoms with van der Waals surface area (Å²) in [4.78, 5) is 13.9. The van der Waals surface area contributed by atoms with Crippen LogP contribution in [0.4, 0.5) is 9.93 Å². The second-order valence-corrected chi connectivity index (χ2v) is 6.89. The number of aromatic nitrogens is 2. The SMILES string of the molecule is O=C(Nc1nnc(C2CCCCC2)s1)N1CCCC1CO. The first-order chi connectivity index (χ1) is 10.3. The Morgan fingerprint density at radius 3 is 2.81 bits per heavy atom. The second kappa shape index (κ2) is 6.70. The van der Waals surface area contributed by atoms with E-state index in [-0.39, 0.29) is 18.7 Å². The Kier molecular flexibility index (Phi) is 4.70. The Hall–Kier alpha value is -1.21. The molecule has 3 rings (SSSR count). The predicted molar refractivity (Wildman–Crippen MR) is 81.6 cm³/mol. The number of anilines is 1. The third-order valence-electron chi connectivity index (χ3n) is 4.46. The summed E-state index contributed by atoms with van der Waals surface area (Å²) in [5.74, 6) is 0.513. The van der Waals surface area contributed by atoms with Crippen molar-refractivity contribution in [2.45, 2.75) is 56.9 Å². The quantitative estimate of drug-likeness (QED) is 0.899. The number of carbonyl (C=O) groups is 1. The van der Waals surface area contributed by atoms with Crippen molar-refractivity contribution < 1.29 is 9.90 Å². The van der Waals surface area contributed by atoms with Crippen LogP contribution in [0.25, 0.3) is 0 Å². The first-order valence-electron chi connectivity index (χ1n) is 7.80. The minimum Gasteiger partial charge on any atom is -0.394 e. The van der Waals surface area contributed by atoms with Crippen molar-refractivity contribution in [3.8, 4) is 0 Å². The molecule has 2 heterocycles. The molecule has 0 aromatic carbocycles. The van der Waals surface area contributed by atoms with Crippen molar-refractivity contribution in [2.75, 3.05) is 18.5 Å². The van der Waals surface area contributed by atoms with Gasteiger partial charge in [-0.25, -0.2) is 4.79 Å². The molecule has 0 bridgehead atoms. The van der Waals surface area contributed by atoms with E-state index in [1.165, 1.54) is 43.4 Å². The van der Waals surface area contributed by atoms with Gasteiger partial charge < -0.3 is 10.0 Å². The lowest BCUT2D eigenvalue weighted by Gasteiger charge is -2.22. The molecule has 1 aromatic rings. The number of likely N-dealkylation sites (tertiary alicyclic amines) is 1. The monoisotopic (exact) mass is 310 g/mol. The van der Waals surface area contributed by atoms with E-state index < -0.39 is 0 Å². The molecular weight excluding hydrogens is 288 g/mol. The van der Waals surface area contributed by atoms with Crippen molar-refractivity contribution in [1.82, 2.24) is 15.1 Å². The average Bonchev–Trinajstić information content (AvgIpc) is 3.16. The van der Waals surface area contributed by atoms with Crippen LogP contribution in [-0.2, 0) is 0 Å². The fraction of sp³-hybridized carbons (Fsp3) is 0.786. The molecular formula is C14H22N4O2S. The fourth-order valence-corrected chi connectivity index (χ4v) is 4.16. The first kappa shape index (κ1) is 14.7. The average molecular weight is 310 g/mol. The number of aliphatic hydroxyl groups is 1. The largest absolute Gasteiger partial charge is 0.394 e. The van der Waals surface area contributed by atoms with Gasteiger partial charge in [-0.1, -0.05) is 30.6 Å². The van der Waals surface area contributed by atoms with Crippen molar-refractivity contribution >= 4 is 22.5 Å². The second-order valence-electron chi connectivity index (χ2n) is 5.88. The Morgan fingerprint density at radius 2 is 2.05 bits per heavy atom. The van der Waals surface area contributed by atoms with Crippen molar-refractivity contribution in [3.05, 3.63) is 5.01 Å². The Bertz CT molecular complexity index is 487. The summed E-state index contributed by atoms with van der Waals surface area (Å²) < 4.78 is 0. The molecule has 2 N–H and O–H groups in total. The molecule has 1 aliphatic carbocycles. The zero-order valence-corrected chi connectivity index (χ0v) is 12.9. The summed E-state index contributed by atoms with van der Waals surface area (Å²) in [7, 11) is 0. The molecule has 2 aliphatic rings. The van der Waals surface area contributed by atoms with Gasteiger partial charge in [0.05, 0.1) is 12.6 Å². The van der Waals surface area contributed by atoms with Gasteiger partial charge >= 0.3 is 6.03 Å². The van der Waals surface area contributed by atoms with Crippen LogP contribution < -0.4 is 5.32 Å². The van der Waals surface area contributed by atoms with Gasteiger partial charge in [-0.3, -0.25) is 5.32 Å². The molecule has 1 unspecified atom stereocenters. The lowest BCUT2D eigenvalue weighted by atomic mass is 9.90. The van der Waals surface area contributed by atoms with E-state index in [2.05, 4.69) is 15.5 Å². The number of amides is 2. The third-order valence-corrected chi connectivity index (χ3v) is 5.46. The maximum Gasteiger partial charge on any atom is 0.324 e. The third kappa shape index (κ3) is 3.35. The van der Waals surface area contributed by atoms with E-state index in [0.29, 0.717) is 17.6 Å². The van der Waals surface area contributed by atoms with Gasteiger partial charge in [0.2, 0.25) is 5.13 Å². The molecule has 1 aromatic heterocycles. The highest BCUT2D eigenvalue weighted by molar-refractivity contribution is 7.15. The number of nitrogens with zero attached hydrogens (tertiary/aromatic N) is 3. The summed E-state index contributed by atoms with van der Waals surface area (Å²) in [5, 5.41) is 22.1. The summed E-state index contributed by atoms with van der Waals surface area (Å²) in [6.45, 7) is 0.724. The molecule has 1 atom stereocenters. The molecule has 1 saturated heterocycles. The van der Waals surface area contributed by atoms with Crippen LogP contribution in [0, 0.1) is 0 Å².